The Bertz CT molecular complexity index is 261. The predicted molar refractivity (Wildman–Crippen MR) is 51.2 cm³/mol. The molecule has 64 valence electrons. The molecule has 0 spiro atoms. The van der Waals surface area contributed by atoms with E-state index in [0.29, 0.717) is 0 Å². The second-order valence-corrected chi connectivity index (χ2v) is 2.71. The Labute approximate surface area is 72.5 Å². The van der Waals surface area contributed by atoms with E-state index in [9.17, 15) is 0 Å². The number of hydrogen-bond donors (Lipinski definition) is 1. The van der Waals surface area contributed by atoms with Crippen molar-refractivity contribution >= 4 is 6.72 Å². The molecule has 1 aliphatic carbocycles. The van der Waals surface area contributed by atoms with Gasteiger partial charge < -0.3 is 0 Å². The van der Waals surface area contributed by atoms with Gasteiger partial charge in [-0.25, -0.2) is 11.0 Å². The molecule has 0 aromatic carbocycles. The summed E-state index contributed by atoms with van der Waals surface area (Å²) in [5, 5.41) is 4.75. The van der Waals surface area contributed by atoms with E-state index >= 15 is 0 Å². The van der Waals surface area contributed by atoms with E-state index in [2.05, 4.69) is 24.8 Å². The largest absolute Gasteiger partial charge is 0.227 e. The molecule has 1 aliphatic rings. The zero-order valence-corrected chi connectivity index (χ0v) is 7.20. The number of hydrogen-bond acceptors (Lipinski definition) is 3. The maximum atomic E-state index is 5.41. The highest BCUT2D eigenvalue weighted by atomic mass is 15.6. The van der Waals surface area contributed by atoms with Crippen molar-refractivity contribution in [2.75, 3.05) is 0 Å². The van der Waals surface area contributed by atoms with Crippen molar-refractivity contribution in [3.8, 4) is 0 Å². The first kappa shape index (κ1) is 8.74. The summed E-state index contributed by atoms with van der Waals surface area (Å²) in [4.78, 5) is 0. The molecule has 3 nitrogen and oxygen atoms in total. The Morgan fingerprint density at radius 1 is 1.67 bits per heavy atom. The van der Waals surface area contributed by atoms with Crippen LogP contribution >= 0.6 is 0 Å². The number of hydrazone groups is 1. The van der Waals surface area contributed by atoms with Gasteiger partial charge in [0.25, 0.3) is 0 Å². The molecule has 0 saturated carbocycles. The molecule has 0 aromatic rings. The predicted octanol–water partition coefficient (Wildman–Crippen LogP) is 1.57. The first-order valence-electron chi connectivity index (χ1n) is 3.78. The third kappa shape index (κ3) is 2.36. The van der Waals surface area contributed by atoms with Crippen LogP contribution in [0.15, 0.2) is 40.7 Å². The van der Waals surface area contributed by atoms with Crippen LogP contribution in [0.2, 0.25) is 0 Å². The lowest BCUT2D eigenvalue weighted by molar-refractivity contribution is 0.421. The van der Waals surface area contributed by atoms with E-state index in [-0.39, 0.29) is 0 Å². The average Bonchev–Trinajstić information content (AvgIpc) is 2.09. The molecule has 0 aliphatic heterocycles. The molecule has 0 fully saturated rings. The van der Waals surface area contributed by atoms with Crippen molar-refractivity contribution in [2.24, 2.45) is 10.9 Å². The van der Waals surface area contributed by atoms with Crippen LogP contribution in [0.1, 0.15) is 13.3 Å². The first-order valence-corrected chi connectivity index (χ1v) is 3.78. The lowest BCUT2D eigenvalue weighted by Crippen LogP contribution is -2.18. The summed E-state index contributed by atoms with van der Waals surface area (Å²) in [5.74, 6) is 5.41. The van der Waals surface area contributed by atoms with Gasteiger partial charge in [0, 0.05) is 12.9 Å². The highest BCUT2D eigenvalue weighted by Crippen LogP contribution is 2.14. The van der Waals surface area contributed by atoms with Crippen molar-refractivity contribution < 1.29 is 0 Å². The standard InChI is InChI=1S/C9H13N3/c1-8-3-5-9(6-4-8)7-12(10)11-2/h3-5,7H,2,6,10H2,1H3/b9-7-. The van der Waals surface area contributed by atoms with Crippen LogP contribution in [0, 0.1) is 0 Å². The topological polar surface area (TPSA) is 41.6 Å². The summed E-state index contributed by atoms with van der Waals surface area (Å²) >= 11 is 0. The van der Waals surface area contributed by atoms with Gasteiger partial charge in [-0.15, -0.1) is 0 Å². The Morgan fingerprint density at radius 3 is 2.92 bits per heavy atom. The fourth-order valence-corrected chi connectivity index (χ4v) is 0.960. The summed E-state index contributed by atoms with van der Waals surface area (Å²) in [6.07, 6.45) is 8.88. The zero-order valence-electron chi connectivity index (χ0n) is 7.20. The number of nitrogens with zero attached hydrogens (tertiary/aromatic N) is 2. The van der Waals surface area contributed by atoms with Crippen LogP contribution < -0.4 is 5.84 Å². The smallest absolute Gasteiger partial charge is 0.0450 e. The van der Waals surface area contributed by atoms with Crippen molar-refractivity contribution in [3.63, 3.8) is 0 Å². The molecule has 0 unspecified atom stereocenters. The van der Waals surface area contributed by atoms with Crippen LogP contribution in [0.5, 0.6) is 0 Å². The van der Waals surface area contributed by atoms with E-state index in [1.165, 1.54) is 10.7 Å². The monoisotopic (exact) mass is 163 g/mol. The van der Waals surface area contributed by atoms with Crippen molar-refractivity contribution in [2.45, 2.75) is 13.3 Å². The van der Waals surface area contributed by atoms with Crippen LogP contribution in [0.3, 0.4) is 0 Å². The normalized spacial score (nSPS) is 19.2. The van der Waals surface area contributed by atoms with Gasteiger partial charge in [0.2, 0.25) is 0 Å². The van der Waals surface area contributed by atoms with E-state index in [1.54, 1.807) is 6.20 Å². The van der Waals surface area contributed by atoms with E-state index < -0.39 is 0 Å². The number of hydrazine groups is 1. The number of rotatable bonds is 2. The molecule has 2 N–H and O–H groups in total. The summed E-state index contributed by atoms with van der Waals surface area (Å²) in [7, 11) is 0. The maximum absolute atomic E-state index is 5.41. The third-order valence-electron chi connectivity index (χ3n) is 1.68. The quantitative estimate of drug-likeness (QED) is 0.381. The van der Waals surface area contributed by atoms with Gasteiger partial charge >= 0.3 is 0 Å². The minimum absolute atomic E-state index is 0.908. The van der Waals surface area contributed by atoms with Crippen LogP contribution in [0.4, 0.5) is 0 Å². The van der Waals surface area contributed by atoms with Gasteiger partial charge in [-0.3, -0.25) is 0 Å². The molecule has 0 bridgehead atoms. The second-order valence-electron chi connectivity index (χ2n) is 2.71. The van der Waals surface area contributed by atoms with Gasteiger partial charge in [0.15, 0.2) is 0 Å². The lowest BCUT2D eigenvalue weighted by Gasteiger charge is -2.09. The fraction of sp³-hybridized carbons (Fsp3) is 0.222. The summed E-state index contributed by atoms with van der Waals surface area (Å²) in [6.45, 7) is 5.38. The highest BCUT2D eigenvalue weighted by Gasteiger charge is 1.97. The molecule has 3 heteroatoms. The van der Waals surface area contributed by atoms with Crippen molar-refractivity contribution in [3.05, 3.63) is 35.6 Å². The van der Waals surface area contributed by atoms with Gasteiger partial charge in [0.1, 0.15) is 0 Å². The SMILES string of the molecule is C=NN(N)/C=C1/C=CC(C)=CC1. The first-order chi connectivity index (χ1) is 5.72. The summed E-state index contributed by atoms with van der Waals surface area (Å²) in [5.41, 5.74) is 2.41. The van der Waals surface area contributed by atoms with Gasteiger partial charge in [-0.1, -0.05) is 23.8 Å². The van der Waals surface area contributed by atoms with E-state index in [4.69, 9.17) is 5.84 Å². The average molecular weight is 163 g/mol. The Kier molecular flexibility index (Phi) is 2.82. The van der Waals surface area contributed by atoms with E-state index in [0.717, 1.165) is 12.0 Å². The fourth-order valence-electron chi connectivity index (χ4n) is 0.960. The third-order valence-corrected chi connectivity index (χ3v) is 1.68. The summed E-state index contributed by atoms with van der Waals surface area (Å²) < 4.78 is 0. The van der Waals surface area contributed by atoms with Gasteiger partial charge in [0.05, 0.1) is 0 Å². The zero-order chi connectivity index (χ0) is 8.97. The van der Waals surface area contributed by atoms with Gasteiger partial charge in [-0.2, -0.15) is 5.10 Å². The lowest BCUT2D eigenvalue weighted by atomic mass is 10.0. The number of allylic oxidation sites excluding steroid dienone is 5. The molecule has 0 heterocycles. The molecule has 0 atom stereocenters. The molecular formula is C9H13N3. The van der Waals surface area contributed by atoms with Crippen molar-refractivity contribution in [1.29, 1.82) is 0 Å². The van der Waals surface area contributed by atoms with Crippen molar-refractivity contribution in [1.82, 2.24) is 5.12 Å². The summed E-state index contributed by atoms with van der Waals surface area (Å²) in [6, 6.07) is 0. The Hall–Kier alpha value is -1.35. The van der Waals surface area contributed by atoms with Crippen LogP contribution in [-0.2, 0) is 0 Å². The molecule has 1 rings (SSSR count). The number of nitrogens with two attached hydrogens (primary N) is 1. The van der Waals surface area contributed by atoms with Gasteiger partial charge in [-0.05, 0) is 18.9 Å². The molecule has 0 aromatic heterocycles. The molecule has 12 heavy (non-hydrogen) atoms. The minimum Gasteiger partial charge on any atom is -0.227 e. The molecule has 0 radical (unpaired) electrons. The molecular weight excluding hydrogens is 150 g/mol. The highest BCUT2D eigenvalue weighted by molar-refractivity contribution is 5.34. The molecule has 0 amide bonds. The van der Waals surface area contributed by atoms with Crippen LogP contribution in [-0.4, -0.2) is 11.8 Å². The minimum atomic E-state index is 0.908. The maximum Gasteiger partial charge on any atom is 0.0450 e. The second kappa shape index (κ2) is 3.88. The Morgan fingerprint density at radius 2 is 2.42 bits per heavy atom. The Balaban J connectivity index is 2.63. The molecule has 0 saturated heterocycles. The van der Waals surface area contributed by atoms with E-state index in [1.807, 2.05) is 12.2 Å². The van der Waals surface area contributed by atoms with Crippen LogP contribution in [0.25, 0.3) is 0 Å².